The van der Waals surface area contributed by atoms with Gasteiger partial charge in [0.2, 0.25) is 0 Å². The molecule has 1 fully saturated rings. The molecule has 142 valence electrons. The van der Waals surface area contributed by atoms with Gasteiger partial charge in [-0.25, -0.2) is 4.98 Å². The SMILES string of the molecule is CN(C(=O)c1cnc2ccccc2n1)C1CN(c2cc3c(nn2)CCCC3)C1. The van der Waals surface area contributed by atoms with Gasteiger partial charge in [0.05, 0.1) is 29.0 Å². The Morgan fingerprint density at radius 1 is 1.11 bits per heavy atom. The minimum Gasteiger partial charge on any atom is -0.351 e. The van der Waals surface area contributed by atoms with E-state index in [1.165, 1.54) is 18.4 Å². The Kier molecular flexibility index (Phi) is 4.15. The lowest BCUT2D eigenvalue weighted by molar-refractivity contribution is 0.0699. The van der Waals surface area contributed by atoms with Gasteiger partial charge in [-0.05, 0) is 49.4 Å². The summed E-state index contributed by atoms with van der Waals surface area (Å²) in [6.07, 6.45) is 6.12. The zero-order valence-electron chi connectivity index (χ0n) is 15.9. The Labute approximate surface area is 163 Å². The molecule has 3 heterocycles. The molecule has 0 spiro atoms. The van der Waals surface area contributed by atoms with E-state index in [-0.39, 0.29) is 11.9 Å². The molecule has 0 bridgehead atoms. The molecule has 28 heavy (non-hydrogen) atoms. The Morgan fingerprint density at radius 3 is 2.75 bits per heavy atom. The number of hydrogen-bond acceptors (Lipinski definition) is 6. The zero-order valence-corrected chi connectivity index (χ0v) is 15.9. The van der Waals surface area contributed by atoms with Crippen LogP contribution in [0.3, 0.4) is 0 Å². The highest BCUT2D eigenvalue weighted by molar-refractivity contribution is 5.94. The summed E-state index contributed by atoms with van der Waals surface area (Å²) in [6.45, 7) is 1.52. The molecule has 0 N–H and O–H groups in total. The number of aryl methyl sites for hydroxylation is 2. The first kappa shape index (κ1) is 17.0. The van der Waals surface area contributed by atoms with E-state index in [0.29, 0.717) is 5.69 Å². The average molecular weight is 374 g/mol. The topological polar surface area (TPSA) is 75.1 Å². The number of benzene rings is 1. The van der Waals surface area contributed by atoms with Gasteiger partial charge in [-0.2, -0.15) is 5.10 Å². The normalized spacial score (nSPS) is 16.5. The summed E-state index contributed by atoms with van der Waals surface area (Å²) in [5.74, 6) is 0.822. The third-order valence-electron chi connectivity index (χ3n) is 5.78. The van der Waals surface area contributed by atoms with E-state index >= 15 is 0 Å². The van der Waals surface area contributed by atoms with Crippen molar-refractivity contribution in [2.45, 2.75) is 31.7 Å². The van der Waals surface area contributed by atoms with E-state index in [2.05, 4.69) is 31.1 Å². The minimum absolute atomic E-state index is 0.0978. The Balaban J connectivity index is 1.27. The molecule has 2 aliphatic rings. The number of carbonyl (C=O) groups excluding carboxylic acids is 1. The Morgan fingerprint density at radius 2 is 1.89 bits per heavy atom. The largest absolute Gasteiger partial charge is 0.351 e. The summed E-state index contributed by atoms with van der Waals surface area (Å²) < 4.78 is 0. The highest BCUT2D eigenvalue weighted by Gasteiger charge is 2.34. The fourth-order valence-electron chi connectivity index (χ4n) is 3.93. The molecule has 1 saturated heterocycles. The molecule has 0 unspecified atom stereocenters. The van der Waals surface area contributed by atoms with Crippen LogP contribution in [-0.4, -0.2) is 57.2 Å². The number of anilines is 1. The van der Waals surface area contributed by atoms with E-state index in [4.69, 9.17) is 0 Å². The number of carbonyl (C=O) groups is 1. The molecule has 7 heteroatoms. The second-order valence-electron chi connectivity index (χ2n) is 7.60. The van der Waals surface area contributed by atoms with E-state index < -0.39 is 0 Å². The van der Waals surface area contributed by atoms with Gasteiger partial charge < -0.3 is 9.80 Å². The van der Waals surface area contributed by atoms with Gasteiger partial charge in [-0.3, -0.25) is 9.78 Å². The van der Waals surface area contributed by atoms with Crippen LogP contribution in [0.5, 0.6) is 0 Å². The molecular weight excluding hydrogens is 352 g/mol. The number of likely N-dealkylation sites (N-methyl/N-ethyl adjacent to an activating group) is 1. The van der Waals surface area contributed by atoms with Crippen molar-refractivity contribution in [2.24, 2.45) is 0 Å². The second-order valence-corrected chi connectivity index (χ2v) is 7.60. The van der Waals surface area contributed by atoms with E-state index in [1.54, 1.807) is 11.1 Å². The molecule has 1 amide bonds. The first-order valence-electron chi connectivity index (χ1n) is 9.78. The molecule has 7 nitrogen and oxygen atoms in total. The second kappa shape index (κ2) is 6.82. The average Bonchev–Trinajstić information content (AvgIpc) is 2.71. The van der Waals surface area contributed by atoms with Crippen molar-refractivity contribution in [3.05, 3.63) is 53.5 Å². The zero-order chi connectivity index (χ0) is 19.1. The number of amides is 1. The summed E-state index contributed by atoms with van der Waals surface area (Å²) in [4.78, 5) is 25.6. The quantitative estimate of drug-likeness (QED) is 0.700. The lowest BCUT2D eigenvalue weighted by atomic mass is 9.96. The van der Waals surface area contributed by atoms with Crippen LogP contribution in [0.4, 0.5) is 5.82 Å². The van der Waals surface area contributed by atoms with Crippen molar-refractivity contribution in [3.63, 3.8) is 0 Å². The molecule has 0 saturated carbocycles. The molecule has 0 atom stereocenters. The monoisotopic (exact) mass is 374 g/mol. The standard InChI is InChI=1S/C21H22N6O/c1-26(21(28)19-11-22-17-8-4-5-9-18(17)23-19)15-12-27(13-15)20-10-14-6-2-3-7-16(14)24-25-20/h4-5,8-11,15H,2-3,6-7,12-13H2,1H3. The fraction of sp³-hybridized carbons (Fsp3) is 0.381. The molecular formula is C21H22N6O. The molecule has 1 aliphatic heterocycles. The number of rotatable bonds is 3. The van der Waals surface area contributed by atoms with Crippen LogP contribution in [0.15, 0.2) is 36.5 Å². The van der Waals surface area contributed by atoms with E-state index in [9.17, 15) is 4.79 Å². The van der Waals surface area contributed by atoms with Crippen molar-refractivity contribution in [1.82, 2.24) is 25.1 Å². The van der Waals surface area contributed by atoms with Crippen molar-refractivity contribution >= 4 is 22.8 Å². The van der Waals surface area contributed by atoms with Crippen LogP contribution < -0.4 is 4.90 Å². The summed E-state index contributed by atoms with van der Waals surface area (Å²) in [5.41, 5.74) is 4.39. The molecule has 1 aliphatic carbocycles. The van der Waals surface area contributed by atoms with Gasteiger partial charge in [0.25, 0.3) is 5.91 Å². The van der Waals surface area contributed by atoms with Gasteiger partial charge >= 0.3 is 0 Å². The van der Waals surface area contributed by atoms with Crippen LogP contribution >= 0.6 is 0 Å². The number of nitrogens with zero attached hydrogens (tertiary/aromatic N) is 6. The van der Waals surface area contributed by atoms with Gasteiger partial charge in [0.1, 0.15) is 5.69 Å². The van der Waals surface area contributed by atoms with Crippen molar-refractivity contribution < 1.29 is 4.79 Å². The first-order valence-corrected chi connectivity index (χ1v) is 9.78. The molecule has 5 rings (SSSR count). The lowest BCUT2D eigenvalue weighted by Crippen LogP contribution is -2.60. The van der Waals surface area contributed by atoms with Crippen LogP contribution in [0.25, 0.3) is 11.0 Å². The lowest BCUT2D eigenvalue weighted by Gasteiger charge is -2.44. The highest BCUT2D eigenvalue weighted by Crippen LogP contribution is 2.26. The van der Waals surface area contributed by atoms with E-state index in [0.717, 1.165) is 48.5 Å². The first-order chi connectivity index (χ1) is 13.7. The van der Waals surface area contributed by atoms with Crippen LogP contribution in [0.1, 0.15) is 34.6 Å². The Bertz CT molecular complexity index is 1050. The number of fused-ring (bicyclic) bond motifs is 2. The predicted octanol–water partition coefficient (Wildman–Crippen LogP) is 2.26. The summed E-state index contributed by atoms with van der Waals surface area (Å²) in [6, 6.07) is 9.89. The number of hydrogen-bond donors (Lipinski definition) is 0. The third kappa shape index (κ3) is 2.96. The van der Waals surface area contributed by atoms with Crippen molar-refractivity contribution in [1.29, 1.82) is 0 Å². The predicted molar refractivity (Wildman–Crippen MR) is 106 cm³/mol. The summed E-state index contributed by atoms with van der Waals surface area (Å²) in [5, 5.41) is 8.81. The summed E-state index contributed by atoms with van der Waals surface area (Å²) >= 11 is 0. The van der Waals surface area contributed by atoms with Gasteiger partial charge in [0.15, 0.2) is 5.82 Å². The maximum atomic E-state index is 12.8. The van der Waals surface area contributed by atoms with Gasteiger partial charge in [-0.15, -0.1) is 5.10 Å². The number of para-hydroxylation sites is 2. The molecule has 0 radical (unpaired) electrons. The van der Waals surface area contributed by atoms with Crippen LogP contribution in [0.2, 0.25) is 0 Å². The minimum atomic E-state index is -0.0978. The highest BCUT2D eigenvalue weighted by atomic mass is 16.2. The van der Waals surface area contributed by atoms with E-state index in [1.807, 2.05) is 31.3 Å². The van der Waals surface area contributed by atoms with Crippen LogP contribution in [0, 0.1) is 0 Å². The Hall–Kier alpha value is -3.09. The van der Waals surface area contributed by atoms with Crippen molar-refractivity contribution in [3.8, 4) is 0 Å². The smallest absolute Gasteiger partial charge is 0.274 e. The molecule has 2 aromatic heterocycles. The fourth-order valence-corrected chi connectivity index (χ4v) is 3.93. The molecule has 3 aromatic rings. The summed E-state index contributed by atoms with van der Waals surface area (Å²) in [7, 11) is 1.83. The number of aromatic nitrogens is 4. The van der Waals surface area contributed by atoms with Gasteiger partial charge in [-0.1, -0.05) is 12.1 Å². The maximum absolute atomic E-state index is 12.8. The van der Waals surface area contributed by atoms with Gasteiger partial charge in [0, 0.05) is 20.1 Å². The maximum Gasteiger partial charge on any atom is 0.274 e. The van der Waals surface area contributed by atoms with Crippen molar-refractivity contribution in [2.75, 3.05) is 25.0 Å². The molecule has 1 aromatic carbocycles. The van der Waals surface area contributed by atoms with Crippen LogP contribution in [-0.2, 0) is 12.8 Å². The third-order valence-corrected chi connectivity index (χ3v) is 5.78.